The number of nitrogens with two attached hydrogens (primary N) is 1. The first-order valence-electron chi connectivity index (χ1n) is 13.2. The molecule has 0 aliphatic carbocycles. The lowest BCUT2D eigenvalue weighted by atomic mass is 9.90. The molecule has 0 saturated carbocycles. The van der Waals surface area contributed by atoms with Crippen LogP contribution in [-0.4, -0.2) is 45.3 Å². The Balaban J connectivity index is 1.23. The maximum atomic E-state index is 11.7. The molecule has 1 aliphatic heterocycles. The number of aromatic nitrogens is 2. The quantitative estimate of drug-likeness (QED) is 0.257. The maximum Gasteiger partial charge on any atom is 0.238 e. The Kier molecular flexibility index (Phi) is 8.72. The summed E-state index contributed by atoms with van der Waals surface area (Å²) in [6.45, 7) is 2.22. The lowest BCUT2D eigenvalue weighted by Gasteiger charge is -2.35. The Morgan fingerprint density at radius 1 is 0.925 bits per heavy atom. The van der Waals surface area contributed by atoms with Gasteiger partial charge in [0.2, 0.25) is 10.0 Å². The van der Waals surface area contributed by atoms with Crippen LogP contribution in [0.2, 0.25) is 0 Å². The molecule has 1 fully saturated rings. The third-order valence-corrected chi connectivity index (χ3v) is 7.99. The molecule has 0 atom stereocenters. The summed E-state index contributed by atoms with van der Waals surface area (Å²) in [6.07, 6.45) is 2.84. The first-order chi connectivity index (χ1) is 19.4. The first kappa shape index (κ1) is 28.1. The van der Waals surface area contributed by atoms with Crippen molar-refractivity contribution in [1.82, 2.24) is 9.97 Å². The number of hydrogen-bond acceptors (Lipinski definition) is 8. The number of hydrogen-bond donors (Lipinski definition) is 1. The Hall–Kier alpha value is -3.41. The van der Waals surface area contributed by atoms with Gasteiger partial charge in [-0.2, -0.15) is 0 Å². The summed E-state index contributed by atoms with van der Waals surface area (Å²) in [5, 5.41) is 5.25. The summed E-state index contributed by atoms with van der Waals surface area (Å²) in [5.41, 5.74) is 3.67. The van der Waals surface area contributed by atoms with Crippen LogP contribution in [0.4, 0.5) is 0 Å². The number of pyridine rings is 1. The molecule has 0 unspecified atom stereocenters. The van der Waals surface area contributed by atoms with Crippen LogP contribution in [-0.2, 0) is 42.9 Å². The molecule has 10 heteroatoms. The minimum atomic E-state index is -3.79. The third-order valence-electron chi connectivity index (χ3n) is 7.06. The Labute approximate surface area is 234 Å². The smallest absolute Gasteiger partial charge is 0.238 e. The number of nitrogens with zero attached hydrogens (tertiary/aromatic N) is 2. The SMILES string of the molecule is COC1(c2cccc(COCCCc3nc(-c4ccccc4)c(-c4ccc(S(N)(=O)=O)cc4)o3)n2)CCOCC1. The Morgan fingerprint density at radius 2 is 1.68 bits per heavy atom. The summed E-state index contributed by atoms with van der Waals surface area (Å²) in [7, 11) is -2.06. The average Bonchev–Trinajstić information content (AvgIpc) is 3.42. The van der Waals surface area contributed by atoms with Gasteiger partial charge in [-0.3, -0.25) is 4.98 Å². The monoisotopic (exact) mass is 563 g/mol. The standard InChI is InChI=1S/C30H33N3O6S/c1-36-30(16-19-37-20-17-30)26-10-5-9-24(32-26)21-38-18-6-11-27-33-28(22-7-3-2-4-8-22)29(39-27)23-12-14-25(15-13-23)40(31,34)35/h2-5,7-10,12-15H,6,11,16-21H2,1H3,(H2,31,34,35). The number of aryl methyl sites for hydroxylation is 1. The van der Waals surface area contributed by atoms with Crippen molar-refractivity contribution in [3.8, 4) is 22.6 Å². The van der Waals surface area contributed by atoms with Gasteiger partial charge in [0.05, 0.1) is 22.9 Å². The van der Waals surface area contributed by atoms with Crippen LogP contribution in [0.1, 0.15) is 36.5 Å². The minimum Gasteiger partial charge on any atom is -0.440 e. The van der Waals surface area contributed by atoms with Crippen LogP contribution >= 0.6 is 0 Å². The van der Waals surface area contributed by atoms with E-state index < -0.39 is 15.6 Å². The average molecular weight is 564 g/mol. The van der Waals surface area contributed by atoms with E-state index in [1.807, 2.05) is 48.5 Å². The predicted molar refractivity (Wildman–Crippen MR) is 150 cm³/mol. The molecule has 2 aromatic carbocycles. The van der Waals surface area contributed by atoms with Gasteiger partial charge in [-0.05, 0) is 42.8 Å². The molecule has 4 aromatic rings. The second kappa shape index (κ2) is 12.4. The van der Waals surface area contributed by atoms with E-state index in [0.717, 1.165) is 29.8 Å². The van der Waals surface area contributed by atoms with Crippen molar-refractivity contribution in [2.75, 3.05) is 26.9 Å². The Bertz CT molecular complexity index is 1510. The van der Waals surface area contributed by atoms with Crippen LogP contribution in [0, 0.1) is 0 Å². The molecule has 9 nitrogen and oxygen atoms in total. The third kappa shape index (κ3) is 6.48. The summed E-state index contributed by atoms with van der Waals surface area (Å²) in [4.78, 5) is 9.62. The number of methoxy groups -OCH3 is 1. The zero-order valence-corrected chi connectivity index (χ0v) is 23.2. The molecule has 5 rings (SSSR count). The predicted octanol–water partition coefficient (Wildman–Crippen LogP) is 4.85. The fourth-order valence-electron chi connectivity index (χ4n) is 4.84. The van der Waals surface area contributed by atoms with Gasteiger partial charge in [-0.25, -0.2) is 18.5 Å². The van der Waals surface area contributed by atoms with Gasteiger partial charge >= 0.3 is 0 Å². The van der Waals surface area contributed by atoms with E-state index in [4.69, 9.17) is 33.7 Å². The highest BCUT2D eigenvalue weighted by atomic mass is 32.2. The number of ether oxygens (including phenoxy) is 3. The van der Waals surface area contributed by atoms with E-state index >= 15 is 0 Å². The molecule has 0 amide bonds. The molecule has 210 valence electrons. The van der Waals surface area contributed by atoms with E-state index in [9.17, 15) is 8.42 Å². The topological polar surface area (TPSA) is 127 Å². The van der Waals surface area contributed by atoms with Gasteiger partial charge in [0, 0.05) is 57.3 Å². The van der Waals surface area contributed by atoms with Crippen molar-refractivity contribution in [3.05, 3.63) is 90.1 Å². The first-order valence-corrected chi connectivity index (χ1v) is 14.8. The lowest BCUT2D eigenvalue weighted by Crippen LogP contribution is -2.36. The number of oxazole rings is 1. The molecular weight excluding hydrogens is 530 g/mol. The molecule has 40 heavy (non-hydrogen) atoms. The van der Waals surface area contributed by atoms with Crippen molar-refractivity contribution >= 4 is 10.0 Å². The Morgan fingerprint density at radius 3 is 2.38 bits per heavy atom. The van der Waals surface area contributed by atoms with Gasteiger partial charge in [0.15, 0.2) is 11.7 Å². The van der Waals surface area contributed by atoms with Crippen LogP contribution in [0.25, 0.3) is 22.6 Å². The minimum absolute atomic E-state index is 0.0413. The number of sulfonamides is 1. The molecule has 1 aliphatic rings. The van der Waals surface area contributed by atoms with Crippen molar-refractivity contribution in [2.45, 2.75) is 42.8 Å². The maximum absolute atomic E-state index is 11.7. The van der Waals surface area contributed by atoms with Crippen LogP contribution in [0.5, 0.6) is 0 Å². The number of rotatable bonds is 11. The normalized spacial score (nSPS) is 15.2. The highest BCUT2D eigenvalue weighted by molar-refractivity contribution is 7.89. The molecule has 2 aromatic heterocycles. The second-order valence-corrected chi connectivity index (χ2v) is 11.3. The summed E-state index contributed by atoms with van der Waals surface area (Å²) < 4.78 is 46.8. The zero-order valence-electron chi connectivity index (χ0n) is 22.4. The van der Waals surface area contributed by atoms with Crippen molar-refractivity contribution in [3.63, 3.8) is 0 Å². The van der Waals surface area contributed by atoms with E-state index in [1.54, 1.807) is 19.2 Å². The van der Waals surface area contributed by atoms with Gasteiger partial charge in [-0.1, -0.05) is 36.4 Å². The van der Waals surface area contributed by atoms with Crippen LogP contribution in [0.3, 0.4) is 0 Å². The van der Waals surface area contributed by atoms with Gasteiger partial charge in [-0.15, -0.1) is 0 Å². The summed E-state index contributed by atoms with van der Waals surface area (Å²) >= 11 is 0. The fraction of sp³-hybridized carbons (Fsp3) is 0.333. The summed E-state index contributed by atoms with van der Waals surface area (Å²) in [6, 6.07) is 22.0. The van der Waals surface area contributed by atoms with Crippen molar-refractivity contribution in [1.29, 1.82) is 0 Å². The highest BCUT2D eigenvalue weighted by Crippen LogP contribution is 2.35. The van der Waals surface area contributed by atoms with E-state index in [2.05, 4.69) is 0 Å². The van der Waals surface area contributed by atoms with Gasteiger partial charge in [0.1, 0.15) is 11.3 Å². The van der Waals surface area contributed by atoms with E-state index in [-0.39, 0.29) is 4.90 Å². The summed E-state index contributed by atoms with van der Waals surface area (Å²) in [5.74, 6) is 1.15. The molecule has 3 heterocycles. The van der Waals surface area contributed by atoms with Crippen LogP contribution in [0.15, 0.2) is 82.1 Å². The van der Waals surface area contributed by atoms with E-state index in [0.29, 0.717) is 62.2 Å². The molecule has 2 N–H and O–H groups in total. The van der Waals surface area contributed by atoms with Crippen molar-refractivity contribution in [2.24, 2.45) is 5.14 Å². The molecule has 1 saturated heterocycles. The van der Waals surface area contributed by atoms with E-state index in [1.165, 1.54) is 12.1 Å². The molecule has 0 bridgehead atoms. The number of benzene rings is 2. The molecular formula is C30H33N3O6S. The highest BCUT2D eigenvalue weighted by Gasteiger charge is 2.35. The lowest BCUT2D eigenvalue weighted by molar-refractivity contribution is -0.0974. The zero-order chi connectivity index (χ0) is 28.0. The number of primary sulfonamides is 1. The van der Waals surface area contributed by atoms with Gasteiger partial charge < -0.3 is 18.6 Å². The molecule has 0 spiro atoms. The largest absolute Gasteiger partial charge is 0.440 e. The second-order valence-electron chi connectivity index (χ2n) is 9.70. The van der Waals surface area contributed by atoms with Crippen LogP contribution < -0.4 is 5.14 Å². The van der Waals surface area contributed by atoms with Gasteiger partial charge in [0.25, 0.3) is 0 Å². The molecule has 0 radical (unpaired) electrons. The fourth-order valence-corrected chi connectivity index (χ4v) is 5.35. The van der Waals surface area contributed by atoms with Crippen molar-refractivity contribution < 1.29 is 27.0 Å².